The first kappa shape index (κ1) is 15.8. The van der Waals surface area contributed by atoms with Gasteiger partial charge in [-0.25, -0.2) is 0 Å². The number of halogens is 3. The van der Waals surface area contributed by atoms with E-state index < -0.39 is 12.1 Å². The lowest BCUT2D eigenvalue weighted by Crippen LogP contribution is -2.38. The minimum absolute atomic E-state index is 0.229. The van der Waals surface area contributed by atoms with Crippen LogP contribution in [0.4, 0.5) is 13.2 Å². The van der Waals surface area contributed by atoms with Crippen LogP contribution in [0.3, 0.4) is 0 Å². The molecular formula is C15H22F3NS. The Kier molecular flexibility index (Phi) is 5.49. The van der Waals surface area contributed by atoms with Crippen molar-refractivity contribution < 1.29 is 13.2 Å². The van der Waals surface area contributed by atoms with Gasteiger partial charge in [0.25, 0.3) is 0 Å². The number of hydrogen-bond donors (Lipinski definition) is 1. The van der Waals surface area contributed by atoms with Gasteiger partial charge in [-0.05, 0) is 43.6 Å². The topological polar surface area (TPSA) is 12.0 Å². The quantitative estimate of drug-likeness (QED) is 0.778. The van der Waals surface area contributed by atoms with Crippen molar-refractivity contribution in [2.45, 2.75) is 63.7 Å². The predicted octanol–water partition coefficient (Wildman–Crippen LogP) is 5.30. The molecule has 1 aliphatic rings. The first-order valence-electron chi connectivity index (χ1n) is 7.37. The summed E-state index contributed by atoms with van der Waals surface area (Å²) in [6.07, 6.45) is -0.0881. The van der Waals surface area contributed by atoms with Crippen molar-refractivity contribution in [2.24, 2.45) is 5.92 Å². The molecule has 0 spiro atoms. The van der Waals surface area contributed by atoms with Crippen LogP contribution >= 0.6 is 11.3 Å². The van der Waals surface area contributed by atoms with E-state index in [1.54, 1.807) is 11.3 Å². The summed E-state index contributed by atoms with van der Waals surface area (Å²) in [6, 6.07) is 4.67. The molecule has 1 heterocycles. The average Bonchev–Trinajstić information content (AvgIpc) is 2.91. The minimum atomic E-state index is -4.01. The normalized spacial score (nSPS) is 25.6. The molecule has 20 heavy (non-hydrogen) atoms. The molecule has 1 unspecified atom stereocenters. The third-order valence-corrected chi connectivity index (χ3v) is 5.08. The highest BCUT2D eigenvalue weighted by molar-refractivity contribution is 7.10. The van der Waals surface area contributed by atoms with Crippen LogP contribution in [0.5, 0.6) is 0 Å². The second-order valence-electron chi connectivity index (χ2n) is 5.61. The molecule has 1 aromatic heterocycles. The third kappa shape index (κ3) is 4.22. The molecule has 1 atom stereocenters. The second kappa shape index (κ2) is 6.94. The van der Waals surface area contributed by atoms with Crippen molar-refractivity contribution in [1.29, 1.82) is 0 Å². The van der Waals surface area contributed by atoms with Crippen LogP contribution < -0.4 is 5.32 Å². The largest absolute Gasteiger partial charge is 0.391 e. The van der Waals surface area contributed by atoms with Crippen molar-refractivity contribution in [3.05, 3.63) is 22.4 Å². The van der Waals surface area contributed by atoms with Crippen molar-refractivity contribution in [2.75, 3.05) is 0 Å². The Morgan fingerprint density at radius 3 is 2.50 bits per heavy atom. The molecule has 1 N–H and O–H groups in total. The Balaban J connectivity index is 1.87. The van der Waals surface area contributed by atoms with Gasteiger partial charge >= 0.3 is 6.18 Å². The lowest BCUT2D eigenvalue weighted by Gasteiger charge is -2.32. The maximum absolute atomic E-state index is 12.7. The molecule has 114 valence electrons. The van der Waals surface area contributed by atoms with Crippen LogP contribution in [0.2, 0.25) is 0 Å². The number of thiophene rings is 1. The van der Waals surface area contributed by atoms with Gasteiger partial charge in [0.15, 0.2) is 0 Å². The van der Waals surface area contributed by atoms with Gasteiger partial charge in [-0.15, -0.1) is 11.3 Å². The minimum Gasteiger partial charge on any atom is -0.306 e. The zero-order valence-electron chi connectivity index (χ0n) is 11.7. The molecule has 1 fully saturated rings. The zero-order chi connectivity index (χ0) is 14.6. The SMILES string of the molecule is CCCC(NC1CCC(C(F)(F)F)CC1)c1cccs1. The number of hydrogen-bond acceptors (Lipinski definition) is 2. The molecule has 0 radical (unpaired) electrons. The fourth-order valence-electron chi connectivity index (χ4n) is 2.96. The Morgan fingerprint density at radius 2 is 2.00 bits per heavy atom. The van der Waals surface area contributed by atoms with E-state index in [1.807, 2.05) is 6.07 Å². The zero-order valence-corrected chi connectivity index (χ0v) is 12.6. The highest BCUT2D eigenvalue weighted by Gasteiger charge is 2.41. The summed E-state index contributed by atoms with van der Waals surface area (Å²) in [5.41, 5.74) is 0. The average molecular weight is 305 g/mol. The summed E-state index contributed by atoms with van der Waals surface area (Å²) in [5, 5.41) is 5.63. The molecule has 1 aromatic rings. The molecule has 0 aromatic carbocycles. The fourth-order valence-corrected chi connectivity index (χ4v) is 3.78. The van der Waals surface area contributed by atoms with Crippen LogP contribution in [0.25, 0.3) is 0 Å². The maximum Gasteiger partial charge on any atom is 0.391 e. The monoisotopic (exact) mass is 305 g/mol. The Bertz CT molecular complexity index is 380. The van der Waals surface area contributed by atoms with E-state index in [-0.39, 0.29) is 18.9 Å². The van der Waals surface area contributed by atoms with Crippen LogP contribution in [-0.2, 0) is 0 Å². The van der Waals surface area contributed by atoms with E-state index in [4.69, 9.17) is 0 Å². The van der Waals surface area contributed by atoms with Gasteiger partial charge in [0, 0.05) is 17.0 Å². The van der Waals surface area contributed by atoms with Gasteiger partial charge in [-0.2, -0.15) is 13.2 Å². The molecule has 1 nitrogen and oxygen atoms in total. The van der Waals surface area contributed by atoms with Gasteiger partial charge < -0.3 is 5.32 Å². The Morgan fingerprint density at radius 1 is 1.30 bits per heavy atom. The number of rotatable bonds is 5. The fraction of sp³-hybridized carbons (Fsp3) is 0.733. The predicted molar refractivity (Wildman–Crippen MR) is 76.9 cm³/mol. The first-order chi connectivity index (χ1) is 9.50. The van der Waals surface area contributed by atoms with E-state index >= 15 is 0 Å². The first-order valence-corrected chi connectivity index (χ1v) is 8.24. The molecule has 0 aliphatic heterocycles. The summed E-state index contributed by atoms with van der Waals surface area (Å²) < 4.78 is 38.0. The van der Waals surface area contributed by atoms with Gasteiger partial charge in [-0.3, -0.25) is 0 Å². The van der Waals surface area contributed by atoms with E-state index in [9.17, 15) is 13.2 Å². The summed E-state index contributed by atoms with van der Waals surface area (Å²) >= 11 is 1.72. The molecule has 0 amide bonds. The van der Waals surface area contributed by atoms with E-state index in [2.05, 4.69) is 23.7 Å². The lowest BCUT2D eigenvalue weighted by atomic mass is 9.85. The summed E-state index contributed by atoms with van der Waals surface area (Å²) in [4.78, 5) is 1.30. The van der Waals surface area contributed by atoms with Crippen LogP contribution in [0.15, 0.2) is 17.5 Å². The van der Waals surface area contributed by atoms with Gasteiger partial charge in [0.05, 0.1) is 5.92 Å². The number of nitrogens with one attached hydrogen (secondary N) is 1. The second-order valence-corrected chi connectivity index (χ2v) is 6.59. The number of alkyl halides is 3. The van der Waals surface area contributed by atoms with Crippen molar-refractivity contribution in [3.8, 4) is 0 Å². The smallest absolute Gasteiger partial charge is 0.306 e. The van der Waals surface area contributed by atoms with Crippen LogP contribution in [0.1, 0.15) is 56.4 Å². The third-order valence-electron chi connectivity index (χ3n) is 4.09. The van der Waals surface area contributed by atoms with E-state index in [1.165, 1.54) is 4.88 Å². The molecule has 1 aliphatic carbocycles. The van der Waals surface area contributed by atoms with E-state index in [0.29, 0.717) is 18.9 Å². The van der Waals surface area contributed by atoms with Crippen molar-refractivity contribution >= 4 is 11.3 Å². The Labute approximate surface area is 122 Å². The van der Waals surface area contributed by atoms with Gasteiger partial charge in [-0.1, -0.05) is 19.4 Å². The molecule has 0 bridgehead atoms. The van der Waals surface area contributed by atoms with Crippen LogP contribution in [-0.4, -0.2) is 12.2 Å². The standard InChI is InChI=1S/C15H22F3NS/c1-2-4-13(14-5-3-10-20-14)19-12-8-6-11(7-9-12)15(16,17)18/h3,5,10-13,19H,2,4,6-9H2,1H3. The molecule has 2 rings (SSSR count). The van der Waals surface area contributed by atoms with Gasteiger partial charge in [0.1, 0.15) is 0 Å². The maximum atomic E-state index is 12.7. The summed E-state index contributed by atoms with van der Waals surface area (Å²) in [6.45, 7) is 2.14. The Hall–Kier alpha value is -0.550. The molecule has 1 saturated carbocycles. The van der Waals surface area contributed by atoms with Crippen molar-refractivity contribution in [1.82, 2.24) is 5.32 Å². The van der Waals surface area contributed by atoms with E-state index in [0.717, 1.165) is 12.8 Å². The van der Waals surface area contributed by atoms with Gasteiger partial charge in [0.2, 0.25) is 0 Å². The highest BCUT2D eigenvalue weighted by atomic mass is 32.1. The molecule has 5 heteroatoms. The molecular weight excluding hydrogens is 283 g/mol. The highest BCUT2D eigenvalue weighted by Crippen LogP contribution is 2.38. The lowest BCUT2D eigenvalue weighted by molar-refractivity contribution is -0.182. The van der Waals surface area contributed by atoms with Crippen molar-refractivity contribution in [3.63, 3.8) is 0 Å². The summed E-state index contributed by atoms with van der Waals surface area (Å²) in [7, 11) is 0. The van der Waals surface area contributed by atoms with Crippen LogP contribution in [0, 0.1) is 5.92 Å². The summed E-state index contributed by atoms with van der Waals surface area (Å²) in [5.74, 6) is -1.09. The molecule has 0 saturated heterocycles.